The van der Waals surface area contributed by atoms with Crippen molar-refractivity contribution in [3.8, 4) is 0 Å². The van der Waals surface area contributed by atoms with Crippen LogP contribution in [0.15, 0.2) is 0 Å². The van der Waals surface area contributed by atoms with E-state index in [0.29, 0.717) is 13.8 Å². The number of rotatable bonds is 9. The van der Waals surface area contributed by atoms with Crippen LogP contribution in [0.25, 0.3) is 0 Å². The lowest BCUT2D eigenvalue weighted by atomic mass is 9.90. The summed E-state index contributed by atoms with van der Waals surface area (Å²) in [6, 6.07) is 0. The Kier molecular flexibility index (Phi) is 5.35. The van der Waals surface area contributed by atoms with Gasteiger partial charge in [-0.15, -0.1) is 0 Å². The Morgan fingerprint density at radius 3 is 1.19 bits per heavy atom. The first kappa shape index (κ1) is 18.3. The van der Waals surface area contributed by atoms with Crippen LogP contribution in [0.3, 0.4) is 0 Å². The van der Waals surface area contributed by atoms with Crippen LogP contribution in [0.5, 0.6) is 0 Å². The molecule has 0 aromatic rings. The zero-order valence-electron chi connectivity index (χ0n) is 11.0. The Morgan fingerprint density at radius 2 is 1.05 bits per heavy atom. The molecule has 13 heteroatoms. The number of hydrogen-bond acceptors (Lipinski definition) is 9. The van der Waals surface area contributed by atoms with Crippen molar-refractivity contribution in [3.63, 3.8) is 0 Å². The number of carbonyl (C=O) groups excluding carboxylic acids is 1. The van der Waals surface area contributed by atoms with E-state index in [4.69, 9.17) is 0 Å². The second-order valence-electron chi connectivity index (χ2n) is 4.69. The summed E-state index contributed by atoms with van der Waals surface area (Å²) in [5.41, 5.74) is -5.59. The van der Waals surface area contributed by atoms with E-state index in [-0.39, 0.29) is 0 Å². The van der Waals surface area contributed by atoms with Gasteiger partial charge in [0.25, 0.3) is 0 Å². The van der Waals surface area contributed by atoms with E-state index in [1.54, 1.807) is 0 Å². The van der Waals surface area contributed by atoms with Crippen molar-refractivity contribution in [1.29, 1.82) is 0 Å². The summed E-state index contributed by atoms with van der Waals surface area (Å²) in [5, 5.41) is 42.9. The average Bonchev–Trinajstić information content (AvgIpc) is 2.36. The maximum Gasteiger partial charge on any atom is 0.456 e. The second-order valence-corrected chi connectivity index (χ2v) is 4.69. The molecule has 13 nitrogen and oxygen atoms in total. The van der Waals surface area contributed by atoms with Crippen molar-refractivity contribution in [2.24, 2.45) is 5.92 Å². The Labute approximate surface area is 116 Å². The third kappa shape index (κ3) is 3.64. The fraction of sp³-hybridized carbons (Fsp3) is 0.875. The van der Waals surface area contributed by atoms with Crippen LogP contribution in [0.2, 0.25) is 0 Å². The lowest BCUT2D eigenvalue weighted by Crippen LogP contribution is -2.49. The van der Waals surface area contributed by atoms with Gasteiger partial charge in [0, 0.05) is 0 Å². The van der Waals surface area contributed by atoms with E-state index in [2.05, 4.69) is 0 Å². The maximum atomic E-state index is 10.7. The number of nitrogens with zero attached hydrogens (tertiary/aromatic N) is 4. The summed E-state index contributed by atoms with van der Waals surface area (Å²) in [6.07, 6.45) is -0.931. The van der Waals surface area contributed by atoms with Crippen molar-refractivity contribution in [3.05, 3.63) is 40.5 Å². The third-order valence-electron chi connectivity index (χ3n) is 3.01. The standard InChI is InChI=1S/C8H11N4O9/c1-7(9(14)15,10(16)17)3-6(5-13)4-8(2,11(18)19)12(20)21/h6H,3-4H2,1-2H3. The van der Waals surface area contributed by atoms with Gasteiger partial charge in [-0.05, 0) is 0 Å². The second kappa shape index (κ2) is 6.15. The van der Waals surface area contributed by atoms with Crippen LogP contribution in [0.4, 0.5) is 0 Å². The van der Waals surface area contributed by atoms with Crippen molar-refractivity contribution in [1.82, 2.24) is 0 Å². The van der Waals surface area contributed by atoms with Crippen molar-refractivity contribution in [2.45, 2.75) is 38.0 Å². The van der Waals surface area contributed by atoms with Crippen LogP contribution >= 0.6 is 0 Å². The molecule has 21 heavy (non-hydrogen) atoms. The van der Waals surface area contributed by atoms with Crippen LogP contribution in [-0.2, 0) is 4.79 Å². The molecule has 0 aromatic heterocycles. The zero-order valence-corrected chi connectivity index (χ0v) is 11.0. The third-order valence-corrected chi connectivity index (χ3v) is 3.01. The molecular weight excluding hydrogens is 296 g/mol. The average molecular weight is 307 g/mol. The van der Waals surface area contributed by atoms with E-state index < -0.39 is 49.8 Å². The monoisotopic (exact) mass is 307 g/mol. The molecule has 0 bridgehead atoms. The van der Waals surface area contributed by atoms with Gasteiger partial charge in [-0.2, -0.15) is 0 Å². The van der Waals surface area contributed by atoms with Gasteiger partial charge in [0.1, 0.15) is 0 Å². The van der Waals surface area contributed by atoms with Gasteiger partial charge >= 0.3 is 11.3 Å². The molecule has 1 radical (unpaired) electrons. The molecule has 0 saturated heterocycles. The molecular formula is C8H11N4O9. The minimum absolute atomic E-state index is 0.604. The maximum absolute atomic E-state index is 10.7. The first-order valence-corrected chi connectivity index (χ1v) is 5.37. The Balaban J connectivity index is 5.42. The minimum atomic E-state index is -2.80. The highest BCUT2D eigenvalue weighted by Crippen LogP contribution is 2.28. The lowest BCUT2D eigenvalue weighted by Gasteiger charge is -2.18. The summed E-state index contributed by atoms with van der Waals surface area (Å²) in [6.45, 7) is 1.21. The predicted molar refractivity (Wildman–Crippen MR) is 63.2 cm³/mol. The van der Waals surface area contributed by atoms with Gasteiger partial charge in [-0.25, -0.2) is 0 Å². The molecule has 0 amide bonds. The predicted octanol–water partition coefficient (Wildman–Crippen LogP) is 0.0317. The summed E-state index contributed by atoms with van der Waals surface area (Å²) in [7, 11) is 0. The van der Waals surface area contributed by atoms with Crippen LogP contribution in [-0.4, -0.2) is 37.3 Å². The van der Waals surface area contributed by atoms with E-state index in [9.17, 15) is 45.3 Å². The summed E-state index contributed by atoms with van der Waals surface area (Å²) < 4.78 is 0. The van der Waals surface area contributed by atoms with Crippen LogP contribution < -0.4 is 0 Å². The van der Waals surface area contributed by atoms with Gasteiger partial charge in [-0.3, -0.25) is 45.3 Å². The SMILES string of the molecule is CC(CC([C]=O)CC(C)([N+](=O)[O-])[N+](=O)[O-])([N+](=O)[O-])[N+](=O)[O-]. The first-order valence-electron chi connectivity index (χ1n) is 5.37. The van der Waals surface area contributed by atoms with E-state index in [1.165, 1.54) is 6.29 Å². The molecule has 0 atom stereocenters. The van der Waals surface area contributed by atoms with Gasteiger partial charge in [0.15, 0.2) is 0 Å². The zero-order chi connectivity index (χ0) is 17.0. The summed E-state index contributed by atoms with van der Waals surface area (Å²) in [4.78, 5) is 48.5. The van der Waals surface area contributed by atoms with Crippen molar-refractivity contribution in [2.75, 3.05) is 0 Å². The lowest BCUT2D eigenvalue weighted by molar-refractivity contribution is -0.799. The van der Waals surface area contributed by atoms with Crippen LogP contribution in [0.1, 0.15) is 26.7 Å². The molecule has 0 heterocycles. The molecule has 0 unspecified atom stereocenters. The Morgan fingerprint density at radius 1 is 0.810 bits per heavy atom. The molecule has 0 aromatic carbocycles. The number of nitro groups is 4. The number of hydrogen-bond donors (Lipinski definition) is 0. The quantitative estimate of drug-likeness (QED) is 0.321. The first-order chi connectivity index (χ1) is 9.41. The van der Waals surface area contributed by atoms with Crippen molar-refractivity contribution < 1.29 is 24.5 Å². The highest BCUT2D eigenvalue weighted by atomic mass is 16.7. The molecule has 0 saturated carbocycles. The largest absolute Gasteiger partial charge is 0.456 e. The molecule has 0 fully saturated rings. The van der Waals surface area contributed by atoms with E-state index in [1.807, 2.05) is 0 Å². The van der Waals surface area contributed by atoms with Crippen LogP contribution in [0, 0.1) is 46.4 Å². The van der Waals surface area contributed by atoms with Gasteiger partial charge in [0.05, 0.1) is 52.3 Å². The molecule has 0 rings (SSSR count). The summed E-state index contributed by atoms with van der Waals surface area (Å²) >= 11 is 0. The molecule has 0 aliphatic rings. The topological polar surface area (TPSA) is 190 Å². The molecule has 0 aliphatic carbocycles. The van der Waals surface area contributed by atoms with Crippen molar-refractivity contribution >= 4 is 6.29 Å². The fourth-order valence-corrected chi connectivity index (χ4v) is 1.52. The molecule has 0 N–H and O–H groups in total. The smallest absolute Gasteiger partial charge is 0.291 e. The van der Waals surface area contributed by atoms with E-state index in [0.717, 1.165) is 0 Å². The summed E-state index contributed by atoms with van der Waals surface area (Å²) in [5.74, 6) is -1.72. The van der Waals surface area contributed by atoms with E-state index >= 15 is 0 Å². The van der Waals surface area contributed by atoms with Gasteiger partial charge in [0.2, 0.25) is 6.29 Å². The Bertz CT molecular complexity index is 422. The fourth-order valence-electron chi connectivity index (χ4n) is 1.52. The molecule has 0 aliphatic heterocycles. The normalized spacial score (nSPS) is 12.0. The molecule has 0 spiro atoms. The minimum Gasteiger partial charge on any atom is -0.291 e. The highest BCUT2D eigenvalue weighted by Gasteiger charge is 2.57. The molecule has 117 valence electrons. The highest BCUT2D eigenvalue weighted by molar-refractivity contribution is 5.54. The van der Waals surface area contributed by atoms with Gasteiger partial charge < -0.3 is 0 Å². The Hall–Kier alpha value is -2.73. The van der Waals surface area contributed by atoms with Gasteiger partial charge in [-0.1, -0.05) is 0 Å².